The van der Waals surface area contributed by atoms with Gasteiger partial charge >= 0.3 is 5.97 Å². The number of aliphatic hydroxyl groups is 1. The number of carbonyl (C=O) groups excluding carboxylic acids is 3. The number of hydrogen-bond acceptors (Lipinski definition) is 7. The minimum Gasteiger partial charge on any atom is -0.466 e. The van der Waals surface area contributed by atoms with Crippen molar-refractivity contribution in [3.05, 3.63) is 24.3 Å². The van der Waals surface area contributed by atoms with Gasteiger partial charge in [-0.1, -0.05) is 29.8 Å². The number of fused-ring (bicyclic) bond motifs is 1. The number of anilines is 2. The van der Waals surface area contributed by atoms with Gasteiger partial charge in [0, 0.05) is 34.5 Å². The molecule has 0 aromatic heterocycles. The summed E-state index contributed by atoms with van der Waals surface area (Å²) in [7, 11) is 0. The molecule has 2 amide bonds. The molecule has 3 heterocycles. The van der Waals surface area contributed by atoms with Gasteiger partial charge in [0.15, 0.2) is 0 Å². The van der Waals surface area contributed by atoms with E-state index >= 15 is 0 Å². The maximum Gasteiger partial charge on any atom is 0.310 e. The van der Waals surface area contributed by atoms with Crippen LogP contribution in [0.1, 0.15) is 47.5 Å². The van der Waals surface area contributed by atoms with Crippen molar-refractivity contribution >= 4 is 56.9 Å². The van der Waals surface area contributed by atoms with Crippen molar-refractivity contribution in [2.75, 3.05) is 36.5 Å². The van der Waals surface area contributed by atoms with E-state index in [1.807, 2.05) is 38.1 Å². The Balaban J connectivity index is 1.71. The summed E-state index contributed by atoms with van der Waals surface area (Å²) in [6.45, 7) is 11.8. The van der Waals surface area contributed by atoms with Crippen LogP contribution in [0, 0.1) is 17.8 Å². The number of esters is 1. The van der Waals surface area contributed by atoms with Crippen molar-refractivity contribution < 1.29 is 24.2 Å². The number of benzene rings is 1. The second-order valence-corrected chi connectivity index (χ2v) is 13.6. The lowest BCUT2D eigenvalue weighted by Crippen LogP contribution is -2.55. The zero-order valence-electron chi connectivity index (χ0n) is 22.9. The Labute approximate surface area is 238 Å². The lowest BCUT2D eigenvalue weighted by Gasteiger charge is -2.37. The van der Waals surface area contributed by atoms with E-state index in [1.54, 1.807) is 23.6 Å². The molecule has 0 radical (unpaired) electrons. The maximum absolute atomic E-state index is 14.1. The van der Waals surface area contributed by atoms with E-state index in [0.29, 0.717) is 18.5 Å². The fourth-order valence-corrected chi connectivity index (χ4v) is 10.2. The van der Waals surface area contributed by atoms with Gasteiger partial charge < -0.3 is 25.0 Å². The molecular formula is C28H40BrN3O5S. The van der Waals surface area contributed by atoms with E-state index in [1.165, 1.54) is 0 Å². The molecule has 3 unspecified atom stereocenters. The van der Waals surface area contributed by atoms with Gasteiger partial charge in [-0.25, -0.2) is 0 Å². The topological polar surface area (TPSA) is 99.2 Å². The quantitative estimate of drug-likeness (QED) is 0.290. The highest BCUT2D eigenvalue weighted by Crippen LogP contribution is 2.68. The molecule has 4 rings (SSSR count). The number of carbonyl (C=O) groups is 3. The van der Waals surface area contributed by atoms with Crippen molar-refractivity contribution in [2.24, 2.45) is 17.8 Å². The average molecular weight is 611 g/mol. The van der Waals surface area contributed by atoms with Crippen LogP contribution >= 0.6 is 27.7 Å². The largest absolute Gasteiger partial charge is 0.466 e. The first-order chi connectivity index (χ1) is 18.1. The number of rotatable bonds is 11. The highest BCUT2D eigenvalue weighted by atomic mass is 79.9. The van der Waals surface area contributed by atoms with E-state index in [9.17, 15) is 19.5 Å². The standard InChI is InChI=1S/C28H40BrN3O5S/c1-6-31(7-2)18-11-9-17(10-12-18)30-25(34)24-28-14-20(29)23(38-28)21(27(36)37-8-3)22(28)26(35)32(24)19(15-33)13-16(4)5/h9-12,16,19-24,33H,6-8,13-15H2,1-5H3,(H,30,34)/t19-,20?,21-,22+,23-,24?,28?/m1/s1. The molecule has 2 N–H and O–H groups in total. The Morgan fingerprint density at radius 3 is 2.45 bits per heavy atom. The third-order valence-electron chi connectivity index (χ3n) is 8.15. The lowest BCUT2D eigenvalue weighted by molar-refractivity contribution is -0.154. The summed E-state index contributed by atoms with van der Waals surface area (Å²) in [4.78, 5) is 45.1. The number of ether oxygens (including phenoxy) is 1. The fourth-order valence-electron chi connectivity index (χ4n) is 6.64. The third kappa shape index (κ3) is 4.96. The first-order valence-corrected chi connectivity index (χ1v) is 15.5. The molecule has 210 valence electrons. The summed E-state index contributed by atoms with van der Waals surface area (Å²) in [6, 6.07) is 6.41. The summed E-state index contributed by atoms with van der Waals surface area (Å²) in [5.41, 5.74) is 1.73. The molecule has 1 spiro atoms. The number of amides is 2. The van der Waals surface area contributed by atoms with Crippen LogP contribution in [-0.4, -0.2) is 81.0 Å². The van der Waals surface area contributed by atoms with Crippen LogP contribution in [0.15, 0.2) is 24.3 Å². The van der Waals surface area contributed by atoms with Crippen molar-refractivity contribution in [3.8, 4) is 0 Å². The molecule has 1 aromatic carbocycles. The highest BCUT2D eigenvalue weighted by molar-refractivity contribution is 9.09. The van der Waals surface area contributed by atoms with Gasteiger partial charge in [-0.3, -0.25) is 14.4 Å². The molecule has 10 heteroatoms. The van der Waals surface area contributed by atoms with Crippen LogP contribution in [0.3, 0.4) is 0 Å². The Bertz CT molecular complexity index is 1040. The van der Waals surface area contributed by atoms with Gasteiger partial charge in [0.25, 0.3) is 0 Å². The molecule has 8 nitrogen and oxygen atoms in total. The second kappa shape index (κ2) is 11.8. The predicted octanol–water partition coefficient (Wildman–Crippen LogP) is 3.91. The van der Waals surface area contributed by atoms with Gasteiger partial charge in [0.05, 0.1) is 35.8 Å². The number of aliphatic hydroxyl groups excluding tert-OH is 1. The van der Waals surface area contributed by atoms with Gasteiger partial charge in [0.2, 0.25) is 11.8 Å². The van der Waals surface area contributed by atoms with E-state index in [2.05, 4.69) is 40.0 Å². The Morgan fingerprint density at radius 1 is 1.24 bits per heavy atom. The molecular weight excluding hydrogens is 570 g/mol. The van der Waals surface area contributed by atoms with Gasteiger partial charge in [-0.2, -0.15) is 0 Å². The van der Waals surface area contributed by atoms with Crippen LogP contribution in [0.5, 0.6) is 0 Å². The summed E-state index contributed by atoms with van der Waals surface area (Å²) >= 11 is 5.33. The number of nitrogens with one attached hydrogen (secondary N) is 1. The first kappa shape index (κ1) is 29.2. The fraction of sp³-hybridized carbons (Fsp3) is 0.679. The average Bonchev–Trinajstić information content (AvgIpc) is 3.47. The summed E-state index contributed by atoms with van der Waals surface area (Å²) < 4.78 is 4.63. The van der Waals surface area contributed by atoms with Gasteiger partial charge in [0.1, 0.15) is 6.04 Å². The molecule has 0 saturated carbocycles. The smallest absolute Gasteiger partial charge is 0.310 e. The Kier molecular flexibility index (Phi) is 9.04. The third-order valence-corrected chi connectivity index (χ3v) is 11.4. The zero-order valence-corrected chi connectivity index (χ0v) is 25.3. The molecule has 1 aromatic rings. The number of alkyl halides is 1. The van der Waals surface area contributed by atoms with Gasteiger partial charge in [-0.15, -0.1) is 11.8 Å². The SMILES string of the molecule is CCOC(=O)[C@H]1[C@@H]2SC3(CC2Br)C(C(=O)Nc2ccc(N(CC)CC)cc2)N([C@@H](CO)CC(C)C)C(=O)[C@H]13. The monoisotopic (exact) mass is 609 g/mol. The Morgan fingerprint density at radius 2 is 1.89 bits per heavy atom. The minimum atomic E-state index is -0.812. The van der Waals surface area contributed by atoms with E-state index in [0.717, 1.165) is 18.8 Å². The number of hydrogen-bond donors (Lipinski definition) is 2. The summed E-state index contributed by atoms with van der Waals surface area (Å²) in [6.07, 6.45) is 1.15. The maximum atomic E-state index is 14.1. The van der Waals surface area contributed by atoms with Crippen LogP contribution in [0.4, 0.5) is 11.4 Å². The summed E-state index contributed by atoms with van der Waals surface area (Å²) in [5.74, 6) is -1.97. The molecule has 0 aliphatic carbocycles. The van der Waals surface area contributed by atoms with Crippen LogP contribution < -0.4 is 10.2 Å². The van der Waals surface area contributed by atoms with Crippen LogP contribution in [0.2, 0.25) is 0 Å². The number of thioether (sulfide) groups is 1. The molecule has 3 aliphatic rings. The molecule has 3 fully saturated rings. The van der Waals surface area contributed by atoms with Crippen molar-refractivity contribution in [1.82, 2.24) is 4.90 Å². The predicted molar refractivity (Wildman–Crippen MR) is 155 cm³/mol. The molecule has 2 bridgehead atoms. The zero-order chi connectivity index (χ0) is 27.8. The van der Waals surface area contributed by atoms with E-state index < -0.39 is 28.7 Å². The van der Waals surface area contributed by atoms with E-state index in [-0.39, 0.29) is 47.0 Å². The van der Waals surface area contributed by atoms with Gasteiger partial charge in [-0.05, 0) is 63.8 Å². The summed E-state index contributed by atoms with van der Waals surface area (Å²) in [5, 5.41) is 13.3. The first-order valence-electron chi connectivity index (χ1n) is 13.7. The number of nitrogens with zero attached hydrogens (tertiary/aromatic N) is 2. The number of halogens is 1. The number of likely N-dealkylation sites (tertiary alicyclic amines) is 1. The van der Waals surface area contributed by atoms with Crippen molar-refractivity contribution in [1.29, 1.82) is 0 Å². The second-order valence-electron chi connectivity index (χ2n) is 10.8. The highest BCUT2D eigenvalue weighted by Gasteiger charge is 2.76. The molecule has 3 aliphatic heterocycles. The minimum absolute atomic E-state index is 0.0211. The normalized spacial score (nSPS) is 30.5. The molecule has 38 heavy (non-hydrogen) atoms. The van der Waals surface area contributed by atoms with E-state index in [4.69, 9.17) is 4.74 Å². The Hall–Kier alpha value is -1.78. The van der Waals surface area contributed by atoms with Crippen molar-refractivity contribution in [2.45, 2.75) is 74.4 Å². The molecule has 3 saturated heterocycles. The molecule has 7 atom stereocenters. The lowest BCUT2D eigenvalue weighted by atomic mass is 9.71. The van der Waals surface area contributed by atoms with Crippen molar-refractivity contribution in [3.63, 3.8) is 0 Å². The van der Waals surface area contributed by atoms with Crippen LogP contribution in [0.25, 0.3) is 0 Å². The van der Waals surface area contributed by atoms with Crippen LogP contribution in [-0.2, 0) is 19.1 Å².